The van der Waals surface area contributed by atoms with Gasteiger partial charge in [0.2, 0.25) is 5.91 Å². The molecular formula is C19H21Cl3N4OS. The summed E-state index contributed by atoms with van der Waals surface area (Å²) in [5.41, 5.74) is 0.428. The molecule has 0 spiro atoms. The van der Waals surface area contributed by atoms with Crippen LogP contribution in [0.5, 0.6) is 0 Å². The largest absolute Gasteiger partial charge is 0.324 e. The van der Waals surface area contributed by atoms with Gasteiger partial charge in [-0.3, -0.25) is 4.79 Å². The SMILES string of the molecule is C=CCn1c(SCC(=O)Nc2cc(Cl)c(Cl)cc2Cl)nnc1C1CCCCC1. The van der Waals surface area contributed by atoms with E-state index >= 15 is 0 Å². The maximum absolute atomic E-state index is 12.4. The molecule has 0 saturated heterocycles. The number of allylic oxidation sites excluding steroid dienone is 1. The minimum atomic E-state index is -0.211. The molecule has 3 rings (SSSR count). The Labute approximate surface area is 183 Å². The highest BCUT2D eigenvalue weighted by Crippen LogP contribution is 2.34. The molecule has 0 bridgehead atoms. The van der Waals surface area contributed by atoms with Crippen LogP contribution in [0.3, 0.4) is 0 Å². The van der Waals surface area contributed by atoms with Crippen molar-refractivity contribution in [3.63, 3.8) is 0 Å². The van der Waals surface area contributed by atoms with Crippen LogP contribution in [0.4, 0.5) is 5.69 Å². The zero-order chi connectivity index (χ0) is 20.1. The standard InChI is InChI=1S/C19H21Cl3N4OS/c1-2-8-26-18(12-6-4-3-5-7-12)24-25-19(26)28-11-17(27)23-16-10-14(21)13(20)9-15(16)22/h2,9-10,12H,1,3-8,11H2,(H,23,27). The molecule has 1 amide bonds. The van der Waals surface area contributed by atoms with Gasteiger partial charge in [-0.2, -0.15) is 0 Å². The van der Waals surface area contributed by atoms with Crippen LogP contribution in [-0.2, 0) is 11.3 Å². The van der Waals surface area contributed by atoms with Gasteiger partial charge in [0.15, 0.2) is 5.16 Å². The summed E-state index contributed by atoms with van der Waals surface area (Å²) in [6.07, 6.45) is 7.83. The first-order valence-electron chi connectivity index (χ1n) is 9.10. The van der Waals surface area contributed by atoms with E-state index in [9.17, 15) is 4.79 Å². The highest BCUT2D eigenvalue weighted by atomic mass is 35.5. The first kappa shape index (κ1) is 21.5. The predicted octanol–water partition coefficient (Wildman–Crippen LogP) is 6.20. The predicted molar refractivity (Wildman–Crippen MR) is 117 cm³/mol. The molecule has 9 heteroatoms. The van der Waals surface area contributed by atoms with Gasteiger partial charge in [0.25, 0.3) is 0 Å². The first-order chi connectivity index (χ1) is 13.5. The number of aromatic nitrogens is 3. The minimum Gasteiger partial charge on any atom is -0.324 e. The summed E-state index contributed by atoms with van der Waals surface area (Å²) < 4.78 is 2.06. The maximum Gasteiger partial charge on any atom is 0.234 e. The average Bonchev–Trinajstić information content (AvgIpc) is 3.08. The summed E-state index contributed by atoms with van der Waals surface area (Å²) >= 11 is 19.4. The van der Waals surface area contributed by atoms with Crippen molar-refractivity contribution in [1.82, 2.24) is 14.8 Å². The fourth-order valence-corrected chi connectivity index (χ4v) is 4.65. The number of hydrogen-bond acceptors (Lipinski definition) is 4. The number of nitrogens with one attached hydrogen (secondary N) is 1. The van der Waals surface area contributed by atoms with E-state index in [1.807, 2.05) is 6.08 Å². The lowest BCUT2D eigenvalue weighted by Crippen LogP contribution is -2.16. The number of hydrogen-bond donors (Lipinski definition) is 1. The molecule has 1 aliphatic carbocycles. The van der Waals surface area contributed by atoms with Gasteiger partial charge in [-0.25, -0.2) is 0 Å². The van der Waals surface area contributed by atoms with E-state index in [1.54, 1.807) is 0 Å². The number of thioether (sulfide) groups is 1. The topological polar surface area (TPSA) is 59.8 Å². The fourth-order valence-electron chi connectivity index (χ4n) is 3.31. The molecule has 150 valence electrons. The van der Waals surface area contributed by atoms with Gasteiger partial charge >= 0.3 is 0 Å². The third-order valence-electron chi connectivity index (χ3n) is 4.64. The number of halogens is 3. The number of carbonyl (C=O) groups is 1. The summed E-state index contributed by atoms with van der Waals surface area (Å²) in [7, 11) is 0. The number of rotatable bonds is 7. The van der Waals surface area contributed by atoms with Crippen molar-refractivity contribution in [2.24, 2.45) is 0 Å². The molecule has 1 N–H and O–H groups in total. The Morgan fingerprint density at radius 2 is 1.89 bits per heavy atom. The fraction of sp³-hybridized carbons (Fsp3) is 0.421. The molecule has 5 nitrogen and oxygen atoms in total. The molecule has 0 aliphatic heterocycles. The number of carbonyl (C=O) groups excluding carboxylic acids is 1. The van der Waals surface area contributed by atoms with Gasteiger partial charge in [0.1, 0.15) is 5.82 Å². The number of anilines is 1. The third kappa shape index (κ3) is 5.23. The Hall–Kier alpha value is -1.21. The summed E-state index contributed by atoms with van der Waals surface area (Å²) in [6.45, 7) is 4.46. The number of nitrogens with zero attached hydrogens (tertiary/aromatic N) is 3. The summed E-state index contributed by atoms with van der Waals surface area (Å²) in [5, 5.41) is 13.2. The Kier molecular flexibility index (Phi) is 7.69. The molecule has 0 atom stereocenters. The second-order valence-corrected chi connectivity index (χ2v) is 8.82. The molecule has 1 heterocycles. The van der Waals surface area contributed by atoms with Crippen LogP contribution in [0.15, 0.2) is 29.9 Å². The molecule has 28 heavy (non-hydrogen) atoms. The van der Waals surface area contributed by atoms with E-state index in [0.717, 1.165) is 23.8 Å². The summed E-state index contributed by atoms with van der Waals surface area (Å²) in [4.78, 5) is 12.4. The van der Waals surface area contributed by atoms with Crippen LogP contribution in [0, 0.1) is 0 Å². The summed E-state index contributed by atoms with van der Waals surface area (Å²) in [6, 6.07) is 3.04. The van der Waals surface area contributed by atoms with E-state index in [0.29, 0.717) is 33.2 Å². The van der Waals surface area contributed by atoms with Gasteiger partial charge < -0.3 is 9.88 Å². The van der Waals surface area contributed by atoms with Crippen LogP contribution >= 0.6 is 46.6 Å². The maximum atomic E-state index is 12.4. The van der Waals surface area contributed by atoms with Gasteiger partial charge in [-0.15, -0.1) is 16.8 Å². The Balaban J connectivity index is 1.66. The van der Waals surface area contributed by atoms with Crippen molar-refractivity contribution >= 4 is 58.2 Å². The van der Waals surface area contributed by atoms with E-state index < -0.39 is 0 Å². The highest BCUT2D eigenvalue weighted by Gasteiger charge is 2.23. The Morgan fingerprint density at radius 1 is 1.18 bits per heavy atom. The molecule has 1 saturated carbocycles. The monoisotopic (exact) mass is 458 g/mol. The molecule has 1 aliphatic rings. The lowest BCUT2D eigenvalue weighted by atomic mass is 9.89. The van der Waals surface area contributed by atoms with E-state index in [4.69, 9.17) is 34.8 Å². The Morgan fingerprint density at radius 3 is 2.61 bits per heavy atom. The van der Waals surface area contributed by atoms with Crippen LogP contribution in [0.2, 0.25) is 15.1 Å². The molecule has 0 unspecified atom stereocenters. The molecule has 1 aromatic heterocycles. The normalized spacial score (nSPS) is 14.8. The summed E-state index contributed by atoms with van der Waals surface area (Å²) in [5.74, 6) is 1.39. The number of amides is 1. The van der Waals surface area contributed by atoms with Gasteiger partial charge in [-0.1, -0.05) is 71.9 Å². The van der Waals surface area contributed by atoms with Crippen molar-refractivity contribution < 1.29 is 4.79 Å². The second kappa shape index (κ2) is 10.0. The van der Waals surface area contributed by atoms with Crippen LogP contribution in [0.1, 0.15) is 43.8 Å². The van der Waals surface area contributed by atoms with E-state index in [1.165, 1.54) is 43.2 Å². The molecular weight excluding hydrogens is 439 g/mol. The smallest absolute Gasteiger partial charge is 0.234 e. The lowest BCUT2D eigenvalue weighted by Gasteiger charge is -2.21. The van der Waals surface area contributed by atoms with Crippen molar-refractivity contribution in [2.75, 3.05) is 11.1 Å². The van der Waals surface area contributed by atoms with Crippen molar-refractivity contribution in [3.8, 4) is 0 Å². The van der Waals surface area contributed by atoms with Gasteiger partial charge in [-0.05, 0) is 25.0 Å². The number of benzene rings is 1. The molecule has 1 aromatic carbocycles. The van der Waals surface area contributed by atoms with Crippen LogP contribution in [-0.4, -0.2) is 26.4 Å². The van der Waals surface area contributed by atoms with Crippen molar-refractivity contribution in [3.05, 3.63) is 45.7 Å². The first-order valence-corrected chi connectivity index (χ1v) is 11.2. The minimum absolute atomic E-state index is 0.177. The highest BCUT2D eigenvalue weighted by molar-refractivity contribution is 7.99. The van der Waals surface area contributed by atoms with Crippen LogP contribution in [0.25, 0.3) is 0 Å². The van der Waals surface area contributed by atoms with E-state index in [2.05, 4.69) is 26.7 Å². The third-order valence-corrected chi connectivity index (χ3v) is 6.65. The zero-order valence-electron chi connectivity index (χ0n) is 15.3. The molecule has 0 radical (unpaired) electrons. The average molecular weight is 460 g/mol. The van der Waals surface area contributed by atoms with Gasteiger partial charge in [0.05, 0.1) is 26.5 Å². The van der Waals surface area contributed by atoms with Crippen LogP contribution < -0.4 is 5.32 Å². The second-order valence-electron chi connectivity index (χ2n) is 6.66. The molecule has 1 fully saturated rings. The van der Waals surface area contributed by atoms with Crippen molar-refractivity contribution in [2.45, 2.75) is 49.7 Å². The quantitative estimate of drug-likeness (QED) is 0.304. The van der Waals surface area contributed by atoms with E-state index in [-0.39, 0.29) is 11.7 Å². The lowest BCUT2D eigenvalue weighted by molar-refractivity contribution is -0.113. The zero-order valence-corrected chi connectivity index (χ0v) is 18.3. The Bertz CT molecular complexity index is 865. The van der Waals surface area contributed by atoms with Crippen molar-refractivity contribution in [1.29, 1.82) is 0 Å². The van der Waals surface area contributed by atoms with Gasteiger partial charge in [0, 0.05) is 12.5 Å². The molecule has 2 aromatic rings.